The van der Waals surface area contributed by atoms with Crippen molar-refractivity contribution >= 4 is 32.3 Å². The molecule has 0 fully saturated rings. The lowest BCUT2D eigenvalue weighted by Gasteiger charge is -2.16. The van der Waals surface area contributed by atoms with Gasteiger partial charge in [-0.1, -0.05) is 146 Å². The molecule has 0 bridgehead atoms. The zero-order valence-electron chi connectivity index (χ0n) is 19.9. The molecule has 7 rings (SSSR count). The van der Waals surface area contributed by atoms with Crippen molar-refractivity contribution < 1.29 is 0 Å². The predicted octanol–water partition coefficient (Wildman–Crippen LogP) is 10.1. The van der Waals surface area contributed by atoms with E-state index in [1.54, 1.807) is 0 Å². The van der Waals surface area contributed by atoms with E-state index in [1.165, 1.54) is 65.7 Å². The quantitative estimate of drug-likeness (QED) is 0.248. The molecule has 0 unspecified atom stereocenters. The first-order valence-electron chi connectivity index (χ1n) is 12.5. The van der Waals surface area contributed by atoms with Crippen LogP contribution in [-0.2, 0) is 0 Å². The van der Waals surface area contributed by atoms with Gasteiger partial charge in [-0.3, -0.25) is 0 Å². The van der Waals surface area contributed by atoms with E-state index in [0.717, 1.165) is 0 Å². The van der Waals surface area contributed by atoms with E-state index in [2.05, 4.69) is 146 Å². The first-order chi connectivity index (χ1) is 17.9. The molecule has 0 heterocycles. The Morgan fingerprint density at radius 2 is 0.611 bits per heavy atom. The van der Waals surface area contributed by atoms with Crippen molar-refractivity contribution in [3.8, 4) is 33.4 Å². The van der Waals surface area contributed by atoms with Gasteiger partial charge >= 0.3 is 0 Å². The largest absolute Gasteiger partial charge is 0.0622 e. The zero-order chi connectivity index (χ0) is 23.9. The highest BCUT2D eigenvalue weighted by atomic mass is 14.2. The average Bonchev–Trinajstić information content (AvgIpc) is 2.96. The summed E-state index contributed by atoms with van der Waals surface area (Å²) in [5.74, 6) is 0. The van der Waals surface area contributed by atoms with Crippen molar-refractivity contribution in [2.24, 2.45) is 0 Å². The molecule has 0 saturated heterocycles. The fourth-order valence-corrected chi connectivity index (χ4v) is 5.63. The van der Waals surface area contributed by atoms with Crippen LogP contribution >= 0.6 is 0 Å². The topological polar surface area (TPSA) is 0 Å². The summed E-state index contributed by atoms with van der Waals surface area (Å²) >= 11 is 0. The summed E-state index contributed by atoms with van der Waals surface area (Å²) in [7, 11) is 0. The van der Waals surface area contributed by atoms with Crippen molar-refractivity contribution in [2.75, 3.05) is 0 Å². The van der Waals surface area contributed by atoms with Crippen LogP contribution in [0, 0.1) is 0 Å². The lowest BCUT2D eigenvalue weighted by molar-refractivity contribution is 1.63. The molecule has 0 radical (unpaired) electrons. The third kappa shape index (κ3) is 3.31. The van der Waals surface area contributed by atoms with Crippen LogP contribution in [0.1, 0.15) is 0 Å². The van der Waals surface area contributed by atoms with Crippen molar-refractivity contribution in [3.05, 3.63) is 146 Å². The van der Waals surface area contributed by atoms with Crippen LogP contribution in [-0.4, -0.2) is 0 Å². The fourth-order valence-electron chi connectivity index (χ4n) is 5.63. The molecular formula is C36H24. The van der Waals surface area contributed by atoms with E-state index in [1.807, 2.05) is 0 Å². The Hall–Kier alpha value is -4.68. The molecule has 0 spiro atoms. The van der Waals surface area contributed by atoms with Crippen molar-refractivity contribution in [1.29, 1.82) is 0 Å². The van der Waals surface area contributed by atoms with Gasteiger partial charge < -0.3 is 0 Å². The third-order valence-corrected chi connectivity index (χ3v) is 7.30. The molecule has 0 nitrogen and oxygen atoms in total. The van der Waals surface area contributed by atoms with Crippen molar-refractivity contribution in [3.63, 3.8) is 0 Å². The highest BCUT2D eigenvalue weighted by Gasteiger charge is 2.14. The molecule has 0 atom stereocenters. The summed E-state index contributed by atoms with van der Waals surface area (Å²) in [6.45, 7) is 0. The second kappa shape index (κ2) is 8.52. The lowest BCUT2D eigenvalue weighted by atomic mass is 9.87. The monoisotopic (exact) mass is 456 g/mol. The molecule has 0 aliphatic carbocycles. The SMILES string of the molecule is c1ccc(-c2ccc(-c3ccc(-c4cccc5ccccc45)c4ccccc34)c3ccccc23)cc1. The van der Waals surface area contributed by atoms with Gasteiger partial charge in [0.1, 0.15) is 0 Å². The van der Waals surface area contributed by atoms with Crippen LogP contribution in [0.25, 0.3) is 65.7 Å². The molecule has 0 aliphatic rings. The van der Waals surface area contributed by atoms with Gasteiger partial charge in [-0.25, -0.2) is 0 Å². The van der Waals surface area contributed by atoms with E-state index in [4.69, 9.17) is 0 Å². The van der Waals surface area contributed by atoms with Gasteiger partial charge in [-0.2, -0.15) is 0 Å². The standard InChI is InChI=1S/C36H24/c1-2-11-25(12-3-1)28-21-22-35(31-17-7-6-16-29(28)31)36-24-23-34(32-18-8-9-19-33(32)36)30-20-10-14-26-13-4-5-15-27(26)30/h1-24H. The molecule has 168 valence electrons. The van der Waals surface area contributed by atoms with E-state index in [0.29, 0.717) is 0 Å². The van der Waals surface area contributed by atoms with E-state index in [-0.39, 0.29) is 0 Å². The highest BCUT2D eigenvalue weighted by Crippen LogP contribution is 2.41. The molecule has 0 N–H and O–H groups in total. The van der Waals surface area contributed by atoms with Crippen LogP contribution in [0.4, 0.5) is 0 Å². The number of rotatable bonds is 3. The first kappa shape index (κ1) is 20.7. The Bertz CT molecular complexity index is 1870. The molecule has 0 heteroatoms. The Morgan fingerprint density at radius 3 is 1.19 bits per heavy atom. The predicted molar refractivity (Wildman–Crippen MR) is 155 cm³/mol. The van der Waals surface area contributed by atoms with Gasteiger partial charge in [0.15, 0.2) is 0 Å². The summed E-state index contributed by atoms with van der Waals surface area (Å²) in [6, 6.07) is 52.7. The molecule has 0 saturated carbocycles. The Balaban J connectivity index is 1.49. The Morgan fingerprint density at radius 1 is 0.222 bits per heavy atom. The highest BCUT2D eigenvalue weighted by molar-refractivity contribution is 6.13. The van der Waals surface area contributed by atoms with Gasteiger partial charge in [0.2, 0.25) is 0 Å². The molecule has 0 aromatic heterocycles. The minimum absolute atomic E-state index is 1.25. The second-order valence-electron chi connectivity index (χ2n) is 9.31. The summed E-state index contributed by atoms with van der Waals surface area (Å²) in [5, 5.41) is 7.68. The molecule has 0 aliphatic heterocycles. The summed E-state index contributed by atoms with van der Waals surface area (Å²) in [4.78, 5) is 0. The number of fused-ring (bicyclic) bond motifs is 3. The minimum atomic E-state index is 1.25. The Kier molecular flexibility index (Phi) is 4.89. The van der Waals surface area contributed by atoms with Crippen LogP contribution in [0.15, 0.2) is 146 Å². The summed E-state index contributed by atoms with van der Waals surface area (Å²) < 4.78 is 0. The molecule has 0 amide bonds. The minimum Gasteiger partial charge on any atom is -0.0622 e. The second-order valence-corrected chi connectivity index (χ2v) is 9.31. The molecule has 36 heavy (non-hydrogen) atoms. The zero-order valence-corrected chi connectivity index (χ0v) is 19.9. The third-order valence-electron chi connectivity index (χ3n) is 7.30. The van der Waals surface area contributed by atoms with Crippen LogP contribution in [0.3, 0.4) is 0 Å². The lowest BCUT2D eigenvalue weighted by Crippen LogP contribution is -1.89. The molecule has 7 aromatic rings. The van der Waals surface area contributed by atoms with Gasteiger partial charge in [0, 0.05) is 0 Å². The number of benzene rings is 7. The normalized spacial score (nSPS) is 11.3. The maximum Gasteiger partial charge on any atom is -0.00987 e. The Labute approximate surface area is 211 Å². The maximum absolute atomic E-state index is 2.31. The first-order valence-corrected chi connectivity index (χ1v) is 12.5. The van der Waals surface area contributed by atoms with Gasteiger partial charge in [-0.05, 0) is 65.7 Å². The van der Waals surface area contributed by atoms with Gasteiger partial charge in [0.05, 0.1) is 0 Å². The van der Waals surface area contributed by atoms with Gasteiger partial charge in [-0.15, -0.1) is 0 Å². The van der Waals surface area contributed by atoms with Crippen LogP contribution in [0.2, 0.25) is 0 Å². The number of hydrogen-bond acceptors (Lipinski definition) is 0. The number of hydrogen-bond donors (Lipinski definition) is 0. The fraction of sp³-hybridized carbons (Fsp3) is 0. The van der Waals surface area contributed by atoms with Crippen LogP contribution in [0.5, 0.6) is 0 Å². The van der Waals surface area contributed by atoms with Crippen molar-refractivity contribution in [1.82, 2.24) is 0 Å². The summed E-state index contributed by atoms with van der Waals surface area (Å²) in [5.41, 5.74) is 7.61. The van der Waals surface area contributed by atoms with Crippen molar-refractivity contribution in [2.45, 2.75) is 0 Å². The molecular weight excluding hydrogens is 432 g/mol. The molecule has 7 aromatic carbocycles. The van der Waals surface area contributed by atoms with E-state index < -0.39 is 0 Å². The maximum atomic E-state index is 2.31. The summed E-state index contributed by atoms with van der Waals surface area (Å²) in [6.07, 6.45) is 0. The van der Waals surface area contributed by atoms with E-state index >= 15 is 0 Å². The smallest absolute Gasteiger partial charge is 0.00987 e. The average molecular weight is 457 g/mol. The van der Waals surface area contributed by atoms with Gasteiger partial charge in [0.25, 0.3) is 0 Å². The van der Waals surface area contributed by atoms with E-state index in [9.17, 15) is 0 Å². The van der Waals surface area contributed by atoms with Crippen LogP contribution < -0.4 is 0 Å².